The number of fused-ring (bicyclic) bond motifs is 1. The summed E-state index contributed by atoms with van der Waals surface area (Å²) in [7, 11) is -0.105. The van der Waals surface area contributed by atoms with Crippen LogP contribution in [0.15, 0.2) is 82.9 Å². The molecule has 0 saturated carbocycles. The molecule has 0 amide bonds. The van der Waals surface area contributed by atoms with Crippen molar-refractivity contribution in [3.63, 3.8) is 0 Å². The highest BCUT2D eigenvalue weighted by atomic mass is 35.5. The van der Waals surface area contributed by atoms with Gasteiger partial charge in [0, 0.05) is 36.0 Å². The lowest BCUT2D eigenvalue weighted by atomic mass is 10.00. The molecular formula is C27H27BClN5O3S. The molecule has 5 rings (SSSR count). The van der Waals surface area contributed by atoms with Crippen molar-refractivity contribution in [1.82, 2.24) is 19.3 Å². The van der Waals surface area contributed by atoms with E-state index in [0.29, 0.717) is 12.3 Å². The molecule has 0 spiro atoms. The Hall–Kier alpha value is -3.60. The summed E-state index contributed by atoms with van der Waals surface area (Å²) in [6.45, 7) is 0.740. The van der Waals surface area contributed by atoms with Gasteiger partial charge in [0.1, 0.15) is 19.4 Å². The van der Waals surface area contributed by atoms with Crippen molar-refractivity contribution in [1.29, 1.82) is 0 Å². The molecule has 194 valence electrons. The summed E-state index contributed by atoms with van der Waals surface area (Å²) in [5.74, 6) is 1.41. The second-order valence-electron chi connectivity index (χ2n) is 9.02. The topological polar surface area (TPSA) is 97.6 Å². The standard InChI is InChI=1S/C27H27BClN5O3S/c1-37-20-10-12-21(13-11-20)38(35,36)32-16-19-8-6-18(7-9-19)15-30-26-14-25(22-4-2-3-5-24(22)29)33-27-23(28)17-31-34(26)27/h2,4,6-14,17,30,32H,3,5,15-16,28H2,1H3. The fourth-order valence-electron chi connectivity index (χ4n) is 4.18. The molecule has 4 aromatic rings. The van der Waals surface area contributed by atoms with Crippen LogP contribution in [0.1, 0.15) is 29.7 Å². The van der Waals surface area contributed by atoms with E-state index in [1.165, 1.54) is 19.2 Å². The summed E-state index contributed by atoms with van der Waals surface area (Å²) in [6.07, 6.45) is 7.68. The number of hydrogen-bond donors (Lipinski definition) is 2. The minimum Gasteiger partial charge on any atom is -0.497 e. The molecule has 2 N–H and O–H groups in total. The monoisotopic (exact) mass is 547 g/mol. The fraction of sp³-hybridized carbons (Fsp3) is 0.185. The van der Waals surface area contributed by atoms with Gasteiger partial charge in [-0.2, -0.15) is 9.61 Å². The maximum Gasteiger partial charge on any atom is 0.240 e. The van der Waals surface area contributed by atoms with Crippen LogP contribution in [0.2, 0.25) is 0 Å². The Kier molecular flexibility index (Phi) is 7.55. The minimum absolute atomic E-state index is 0.187. The SMILES string of the molecule is Bc1cnn2c(NCc3ccc(CNS(=O)(=O)c4ccc(OC)cc4)cc3)cc(C3=C(Cl)CCC=C3)nc12. The van der Waals surface area contributed by atoms with Gasteiger partial charge < -0.3 is 10.1 Å². The van der Waals surface area contributed by atoms with E-state index in [1.807, 2.05) is 44.3 Å². The van der Waals surface area contributed by atoms with E-state index >= 15 is 0 Å². The first-order valence-electron chi connectivity index (χ1n) is 12.2. The molecule has 1 aliphatic carbocycles. The summed E-state index contributed by atoms with van der Waals surface area (Å²) in [5.41, 5.74) is 5.40. The predicted octanol–water partition coefficient (Wildman–Crippen LogP) is 3.39. The number of hydrogen-bond acceptors (Lipinski definition) is 6. The number of methoxy groups -OCH3 is 1. The highest BCUT2D eigenvalue weighted by Crippen LogP contribution is 2.30. The first-order chi connectivity index (χ1) is 18.3. The van der Waals surface area contributed by atoms with Crippen molar-refractivity contribution >= 4 is 52.0 Å². The van der Waals surface area contributed by atoms with Crippen LogP contribution in [0.4, 0.5) is 5.82 Å². The molecule has 0 radical (unpaired) electrons. The van der Waals surface area contributed by atoms with E-state index in [-0.39, 0.29) is 11.4 Å². The maximum atomic E-state index is 12.6. The highest BCUT2D eigenvalue weighted by molar-refractivity contribution is 7.89. The van der Waals surface area contributed by atoms with E-state index in [0.717, 1.165) is 57.2 Å². The summed E-state index contributed by atoms with van der Waals surface area (Å²) >= 11 is 6.52. The zero-order valence-electron chi connectivity index (χ0n) is 21.1. The Balaban J connectivity index is 1.27. The van der Waals surface area contributed by atoms with Crippen molar-refractivity contribution < 1.29 is 13.2 Å². The maximum absolute atomic E-state index is 12.6. The van der Waals surface area contributed by atoms with Gasteiger partial charge in [0.05, 0.1) is 17.7 Å². The van der Waals surface area contributed by atoms with E-state index in [4.69, 9.17) is 21.3 Å². The third kappa shape index (κ3) is 5.62. The number of benzene rings is 2. The predicted molar refractivity (Wildman–Crippen MR) is 153 cm³/mol. The van der Waals surface area contributed by atoms with E-state index in [9.17, 15) is 8.42 Å². The van der Waals surface area contributed by atoms with E-state index in [2.05, 4.69) is 21.2 Å². The average Bonchev–Trinajstić information content (AvgIpc) is 3.32. The van der Waals surface area contributed by atoms with E-state index in [1.54, 1.807) is 22.8 Å². The van der Waals surface area contributed by atoms with Gasteiger partial charge in [-0.25, -0.2) is 18.1 Å². The molecule has 0 saturated heterocycles. The van der Waals surface area contributed by atoms with Crippen LogP contribution in [0.5, 0.6) is 5.75 Å². The lowest BCUT2D eigenvalue weighted by molar-refractivity contribution is 0.414. The average molecular weight is 548 g/mol. The zero-order chi connectivity index (χ0) is 26.7. The Morgan fingerprint density at radius 1 is 1.08 bits per heavy atom. The van der Waals surface area contributed by atoms with Crippen molar-refractivity contribution in [2.24, 2.45) is 0 Å². The van der Waals surface area contributed by atoms with Gasteiger partial charge in [0.15, 0.2) is 5.65 Å². The highest BCUT2D eigenvalue weighted by Gasteiger charge is 2.16. The Morgan fingerprint density at radius 3 is 2.47 bits per heavy atom. The summed E-state index contributed by atoms with van der Waals surface area (Å²) in [6, 6.07) is 16.0. The van der Waals surface area contributed by atoms with Gasteiger partial charge >= 0.3 is 0 Å². The number of anilines is 1. The zero-order valence-corrected chi connectivity index (χ0v) is 22.7. The number of ether oxygens (including phenoxy) is 1. The van der Waals surface area contributed by atoms with Gasteiger partial charge in [0.2, 0.25) is 10.0 Å². The third-order valence-corrected chi connectivity index (χ3v) is 8.17. The molecule has 11 heteroatoms. The molecule has 0 bridgehead atoms. The number of rotatable bonds is 9. The molecule has 0 atom stereocenters. The molecule has 2 heterocycles. The molecule has 38 heavy (non-hydrogen) atoms. The van der Waals surface area contributed by atoms with Gasteiger partial charge in [-0.3, -0.25) is 0 Å². The Morgan fingerprint density at radius 2 is 1.79 bits per heavy atom. The van der Waals surface area contributed by atoms with E-state index < -0.39 is 10.0 Å². The third-order valence-electron chi connectivity index (χ3n) is 6.36. The Labute approximate surface area is 227 Å². The number of sulfonamides is 1. The molecular weight excluding hydrogens is 521 g/mol. The summed E-state index contributed by atoms with van der Waals surface area (Å²) in [5, 5.41) is 8.76. The van der Waals surface area contributed by atoms with Crippen LogP contribution in [0.25, 0.3) is 11.2 Å². The molecule has 2 aromatic carbocycles. The van der Waals surface area contributed by atoms with Crippen LogP contribution in [-0.2, 0) is 23.1 Å². The number of nitrogens with zero attached hydrogens (tertiary/aromatic N) is 3. The van der Waals surface area contributed by atoms with Crippen LogP contribution in [0, 0.1) is 0 Å². The summed E-state index contributed by atoms with van der Waals surface area (Å²) < 4.78 is 34.8. The quantitative estimate of drug-likeness (QED) is 0.312. The van der Waals surface area contributed by atoms with Crippen LogP contribution in [-0.4, -0.2) is 38.0 Å². The van der Waals surface area contributed by atoms with Crippen molar-refractivity contribution in [3.8, 4) is 5.75 Å². The van der Waals surface area contributed by atoms with Crippen molar-refractivity contribution in [2.75, 3.05) is 12.4 Å². The van der Waals surface area contributed by atoms with Gasteiger partial charge in [-0.05, 0) is 53.7 Å². The molecule has 0 fully saturated rings. The Bertz CT molecular complexity index is 1630. The molecule has 8 nitrogen and oxygen atoms in total. The fourth-order valence-corrected chi connectivity index (χ4v) is 5.47. The lowest BCUT2D eigenvalue weighted by Crippen LogP contribution is -2.23. The van der Waals surface area contributed by atoms with Crippen molar-refractivity contribution in [3.05, 3.63) is 94.8 Å². The normalized spacial score (nSPS) is 13.7. The van der Waals surface area contributed by atoms with Crippen LogP contribution >= 0.6 is 11.6 Å². The number of nitrogens with one attached hydrogen (secondary N) is 2. The first kappa shape index (κ1) is 26.0. The van der Waals surface area contributed by atoms with Gasteiger partial charge in [0.25, 0.3) is 0 Å². The molecule has 0 aliphatic heterocycles. The van der Waals surface area contributed by atoms with Crippen LogP contribution in [0.3, 0.4) is 0 Å². The van der Waals surface area contributed by atoms with Crippen molar-refractivity contribution in [2.45, 2.75) is 30.8 Å². The summed E-state index contributed by atoms with van der Waals surface area (Å²) in [4.78, 5) is 5.00. The van der Waals surface area contributed by atoms with Gasteiger partial charge in [-0.15, -0.1) is 0 Å². The van der Waals surface area contributed by atoms with Gasteiger partial charge in [-0.1, -0.05) is 48.0 Å². The largest absolute Gasteiger partial charge is 0.497 e. The van der Waals surface area contributed by atoms with Crippen LogP contribution < -0.4 is 20.2 Å². The minimum atomic E-state index is -3.63. The molecule has 0 unspecified atom stereocenters. The second kappa shape index (κ2) is 11.0. The lowest BCUT2D eigenvalue weighted by Gasteiger charge is -2.14. The number of halogens is 1. The first-order valence-corrected chi connectivity index (χ1v) is 14.1. The second-order valence-corrected chi connectivity index (χ2v) is 11.2. The molecule has 1 aliphatic rings. The molecule has 2 aromatic heterocycles. The number of aromatic nitrogens is 3. The smallest absolute Gasteiger partial charge is 0.240 e. The number of allylic oxidation sites excluding steroid dienone is 4.